The zero-order valence-electron chi connectivity index (χ0n) is 27.5. The Morgan fingerprint density at radius 3 is 2.33 bits per heavy atom. The van der Waals surface area contributed by atoms with E-state index in [-0.39, 0.29) is 5.91 Å². The standard InChI is InChI=1S/C41H39NO6/c1-4-5-14-35-39(33-13-9-10-15-34(33)47-35)40(43)42-26-28-16-22-32-30(24-28)19-23-36(38(32)29-17-20-31(45-2)21-18-29)48-37(41(44)46-3)25-27-11-7-6-8-12-27/h6-13,15-24,37H,4-5,14,25-26H2,1-3H3,(H,42,43). The molecule has 1 unspecified atom stereocenters. The second-order valence-corrected chi connectivity index (χ2v) is 11.7. The predicted molar refractivity (Wildman–Crippen MR) is 189 cm³/mol. The van der Waals surface area contributed by atoms with E-state index in [0.29, 0.717) is 30.7 Å². The second kappa shape index (κ2) is 14.9. The summed E-state index contributed by atoms with van der Waals surface area (Å²) in [5.41, 5.74) is 5.00. The molecule has 0 bridgehead atoms. The molecule has 0 spiro atoms. The summed E-state index contributed by atoms with van der Waals surface area (Å²) in [4.78, 5) is 26.5. The van der Waals surface area contributed by atoms with Crippen LogP contribution in [-0.4, -0.2) is 32.2 Å². The SMILES string of the molecule is CCCCc1oc2ccccc2c1C(=O)NCc1ccc2c(-c3ccc(OC)cc3)c(OC(Cc3ccccc3)C(=O)OC)ccc2c1. The minimum absolute atomic E-state index is 0.152. The van der Waals surface area contributed by atoms with Gasteiger partial charge < -0.3 is 23.9 Å². The summed E-state index contributed by atoms with van der Waals surface area (Å²) >= 11 is 0. The lowest BCUT2D eigenvalue weighted by molar-refractivity contribution is -0.148. The Morgan fingerprint density at radius 2 is 1.58 bits per heavy atom. The molecule has 7 heteroatoms. The number of ether oxygens (including phenoxy) is 3. The molecular weight excluding hydrogens is 602 g/mol. The second-order valence-electron chi connectivity index (χ2n) is 11.7. The highest BCUT2D eigenvalue weighted by Crippen LogP contribution is 2.39. The number of fused-ring (bicyclic) bond motifs is 2. The third-order valence-electron chi connectivity index (χ3n) is 8.53. The Labute approximate surface area is 280 Å². The molecular formula is C41H39NO6. The summed E-state index contributed by atoms with van der Waals surface area (Å²) in [5.74, 6) is 1.42. The molecule has 48 heavy (non-hydrogen) atoms. The fraction of sp³-hybridized carbons (Fsp3) is 0.220. The first kappa shape index (κ1) is 32.4. The molecule has 0 saturated heterocycles. The Balaban J connectivity index is 1.32. The quantitative estimate of drug-likeness (QED) is 0.127. The summed E-state index contributed by atoms with van der Waals surface area (Å²) in [5, 5.41) is 5.86. The zero-order valence-corrected chi connectivity index (χ0v) is 27.5. The number of methoxy groups -OCH3 is 2. The van der Waals surface area contributed by atoms with E-state index < -0.39 is 12.1 Å². The predicted octanol–water partition coefficient (Wildman–Crippen LogP) is 8.70. The number of rotatable bonds is 13. The molecule has 6 aromatic rings. The van der Waals surface area contributed by atoms with Gasteiger partial charge in [0.2, 0.25) is 0 Å². The highest BCUT2D eigenvalue weighted by Gasteiger charge is 2.25. The van der Waals surface area contributed by atoms with Crippen LogP contribution in [-0.2, 0) is 28.9 Å². The average molecular weight is 642 g/mol. The van der Waals surface area contributed by atoms with Crippen molar-refractivity contribution in [1.82, 2.24) is 5.32 Å². The highest BCUT2D eigenvalue weighted by atomic mass is 16.6. The van der Waals surface area contributed by atoms with Crippen molar-refractivity contribution in [2.24, 2.45) is 0 Å². The molecule has 244 valence electrons. The van der Waals surface area contributed by atoms with Crippen molar-refractivity contribution in [1.29, 1.82) is 0 Å². The number of furan rings is 1. The van der Waals surface area contributed by atoms with Crippen molar-refractivity contribution in [3.8, 4) is 22.6 Å². The molecule has 0 aliphatic carbocycles. The van der Waals surface area contributed by atoms with Gasteiger partial charge >= 0.3 is 5.97 Å². The van der Waals surface area contributed by atoms with Crippen LogP contribution in [0.2, 0.25) is 0 Å². The number of hydrogen-bond donors (Lipinski definition) is 1. The van der Waals surface area contributed by atoms with Gasteiger partial charge in [0.25, 0.3) is 5.91 Å². The van der Waals surface area contributed by atoms with Crippen molar-refractivity contribution in [2.45, 2.75) is 45.3 Å². The Hall–Kier alpha value is -5.56. The lowest BCUT2D eigenvalue weighted by atomic mass is 9.95. The zero-order chi connectivity index (χ0) is 33.5. The number of aryl methyl sites for hydroxylation is 1. The summed E-state index contributed by atoms with van der Waals surface area (Å²) in [6.45, 7) is 2.47. The highest BCUT2D eigenvalue weighted by molar-refractivity contribution is 6.07. The van der Waals surface area contributed by atoms with Crippen LogP contribution in [0.3, 0.4) is 0 Å². The van der Waals surface area contributed by atoms with E-state index in [2.05, 4.69) is 18.3 Å². The number of unbranched alkanes of at least 4 members (excludes halogenated alkanes) is 1. The molecule has 1 amide bonds. The molecule has 5 aromatic carbocycles. The third kappa shape index (κ3) is 7.05. The maximum Gasteiger partial charge on any atom is 0.347 e. The lowest BCUT2D eigenvalue weighted by Crippen LogP contribution is -2.31. The maximum absolute atomic E-state index is 13.6. The fourth-order valence-corrected chi connectivity index (χ4v) is 6.04. The van der Waals surface area contributed by atoms with Crippen LogP contribution in [0.1, 0.15) is 47.0 Å². The van der Waals surface area contributed by atoms with Crippen LogP contribution < -0.4 is 14.8 Å². The number of benzene rings is 5. The van der Waals surface area contributed by atoms with Crippen LogP contribution in [0.4, 0.5) is 0 Å². The number of esters is 1. The van der Waals surface area contributed by atoms with Crippen LogP contribution >= 0.6 is 0 Å². The monoisotopic (exact) mass is 641 g/mol. The van der Waals surface area contributed by atoms with E-state index >= 15 is 0 Å². The molecule has 0 saturated carbocycles. The first-order valence-corrected chi connectivity index (χ1v) is 16.3. The maximum atomic E-state index is 13.6. The van der Waals surface area contributed by atoms with Crippen molar-refractivity contribution in [3.05, 3.63) is 132 Å². The third-order valence-corrected chi connectivity index (χ3v) is 8.53. The van der Waals surface area contributed by atoms with Gasteiger partial charge in [-0.2, -0.15) is 0 Å². The number of amides is 1. The molecule has 1 heterocycles. The molecule has 1 atom stereocenters. The van der Waals surface area contributed by atoms with Crippen molar-refractivity contribution >= 4 is 33.6 Å². The summed E-state index contributed by atoms with van der Waals surface area (Å²) in [7, 11) is 3.00. The first-order chi connectivity index (χ1) is 23.5. The molecule has 1 aromatic heterocycles. The molecule has 0 radical (unpaired) electrons. The van der Waals surface area contributed by atoms with Crippen molar-refractivity contribution in [2.75, 3.05) is 14.2 Å². The number of para-hydroxylation sites is 1. The molecule has 0 aliphatic heterocycles. The van der Waals surface area contributed by atoms with Gasteiger partial charge in [-0.3, -0.25) is 4.79 Å². The Morgan fingerprint density at radius 1 is 0.812 bits per heavy atom. The van der Waals surface area contributed by atoms with Gasteiger partial charge in [-0.05, 0) is 64.2 Å². The molecule has 7 nitrogen and oxygen atoms in total. The summed E-state index contributed by atoms with van der Waals surface area (Å²) in [6, 6.07) is 35.2. The summed E-state index contributed by atoms with van der Waals surface area (Å²) in [6.07, 6.45) is 2.18. The van der Waals surface area contributed by atoms with Crippen molar-refractivity contribution < 1.29 is 28.2 Å². The number of nitrogens with one attached hydrogen (secondary N) is 1. The van der Waals surface area contributed by atoms with Gasteiger partial charge in [0.15, 0.2) is 6.10 Å². The van der Waals surface area contributed by atoms with Crippen LogP contribution in [0.25, 0.3) is 32.9 Å². The number of hydrogen-bond acceptors (Lipinski definition) is 6. The Kier molecular flexibility index (Phi) is 10.1. The molecule has 1 N–H and O–H groups in total. The van der Waals surface area contributed by atoms with Gasteiger partial charge in [-0.1, -0.05) is 92.2 Å². The molecule has 0 aliphatic rings. The normalized spacial score (nSPS) is 11.7. The van der Waals surface area contributed by atoms with Gasteiger partial charge in [-0.25, -0.2) is 4.79 Å². The van der Waals surface area contributed by atoms with Crippen LogP contribution in [0, 0.1) is 0 Å². The van der Waals surface area contributed by atoms with Gasteiger partial charge in [-0.15, -0.1) is 0 Å². The van der Waals surface area contributed by atoms with Crippen molar-refractivity contribution in [3.63, 3.8) is 0 Å². The average Bonchev–Trinajstić information content (AvgIpc) is 3.51. The number of carbonyl (C=O) groups is 2. The topological polar surface area (TPSA) is 87.0 Å². The van der Waals surface area contributed by atoms with Crippen LogP contribution in [0.5, 0.6) is 11.5 Å². The van der Waals surface area contributed by atoms with E-state index in [9.17, 15) is 9.59 Å². The fourth-order valence-electron chi connectivity index (χ4n) is 6.04. The Bertz CT molecular complexity index is 2030. The van der Waals surface area contributed by atoms with E-state index in [1.165, 1.54) is 7.11 Å². The van der Waals surface area contributed by atoms with Gasteiger partial charge in [0.05, 0.1) is 19.8 Å². The minimum atomic E-state index is -0.845. The van der Waals surface area contributed by atoms with Gasteiger partial charge in [0.1, 0.15) is 22.8 Å². The number of carbonyl (C=O) groups excluding carboxylic acids is 2. The largest absolute Gasteiger partial charge is 0.497 e. The smallest absolute Gasteiger partial charge is 0.347 e. The van der Waals surface area contributed by atoms with Gasteiger partial charge in [0, 0.05) is 30.3 Å². The van der Waals surface area contributed by atoms with E-state index in [0.717, 1.165) is 68.3 Å². The first-order valence-electron chi connectivity index (χ1n) is 16.3. The lowest BCUT2D eigenvalue weighted by Gasteiger charge is -2.21. The van der Waals surface area contributed by atoms with E-state index in [1.807, 2.05) is 103 Å². The van der Waals surface area contributed by atoms with E-state index in [1.54, 1.807) is 7.11 Å². The van der Waals surface area contributed by atoms with Crippen LogP contribution in [0.15, 0.2) is 114 Å². The van der Waals surface area contributed by atoms with E-state index in [4.69, 9.17) is 18.6 Å². The molecule has 0 fully saturated rings. The summed E-state index contributed by atoms with van der Waals surface area (Å²) < 4.78 is 23.1. The minimum Gasteiger partial charge on any atom is -0.497 e. The molecule has 6 rings (SSSR count).